The van der Waals surface area contributed by atoms with Gasteiger partial charge in [-0.25, -0.2) is 0 Å². The van der Waals surface area contributed by atoms with E-state index in [0.717, 1.165) is 17.7 Å². The Labute approximate surface area is 148 Å². The number of para-hydroxylation sites is 1. The highest BCUT2D eigenvalue weighted by Gasteiger charge is 2.42. The number of piperidine rings is 1. The number of aliphatic carboxylic acids is 1. The summed E-state index contributed by atoms with van der Waals surface area (Å²) in [6.45, 7) is 5.08. The molecule has 2 heterocycles. The molecule has 6 heteroatoms. The zero-order valence-corrected chi connectivity index (χ0v) is 14.7. The van der Waals surface area contributed by atoms with Crippen LogP contribution in [0.25, 0.3) is 0 Å². The predicted molar refractivity (Wildman–Crippen MR) is 93.4 cm³/mol. The Bertz CT molecular complexity index is 648. The molecule has 1 unspecified atom stereocenters. The number of carboxylic acids is 1. The lowest BCUT2D eigenvalue weighted by atomic mass is 9.77. The fourth-order valence-corrected chi connectivity index (χ4v) is 3.77. The Morgan fingerprint density at radius 2 is 2.08 bits per heavy atom. The Kier molecular flexibility index (Phi) is 5.27. The number of carbonyl (C=O) groups excluding carboxylic acids is 1. The van der Waals surface area contributed by atoms with E-state index in [2.05, 4.69) is 4.90 Å². The molecule has 0 radical (unpaired) electrons. The number of hydrogen-bond acceptors (Lipinski definition) is 4. The van der Waals surface area contributed by atoms with Gasteiger partial charge in [-0.05, 0) is 25.3 Å². The SMILES string of the molecule is CCC1(C(=O)O)CCCN(C(=O)CN2CCOc3ccccc3C2)C1. The highest BCUT2D eigenvalue weighted by molar-refractivity contribution is 5.81. The molecule has 0 spiro atoms. The molecular weight excluding hydrogens is 320 g/mol. The molecule has 3 rings (SSSR count). The first-order chi connectivity index (χ1) is 12.0. The van der Waals surface area contributed by atoms with Crippen LogP contribution in [-0.2, 0) is 16.1 Å². The molecule has 1 fully saturated rings. The molecule has 0 saturated carbocycles. The van der Waals surface area contributed by atoms with Crippen molar-refractivity contribution < 1.29 is 19.4 Å². The largest absolute Gasteiger partial charge is 0.492 e. The number of carbonyl (C=O) groups is 2. The summed E-state index contributed by atoms with van der Waals surface area (Å²) in [5, 5.41) is 9.59. The molecule has 1 amide bonds. The highest BCUT2D eigenvalue weighted by Crippen LogP contribution is 2.33. The molecule has 0 aliphatic carbocycles. The van der Waals surface area contributed by atoms with Gasteiger partial charge in [0, 0.05) is 31.7 Å². The van der Waals surface area contributed by atoms with Gasteiger partial charge in [-0.1, -0.05) is 25.1 Å². The lowest BCUT2D eigenvalue weighted by Crippen LogP contribution is -2.52. The van der Waals surface area contributed by atoms with Gasteiger partial charge in [-0.15, -0.1) is 0 Å². The van der Waals surface area contributed by atoms with Gasteiger partial charge < -0.3 is 14.7 Å². The maximum atomic E-state index is 12.8. The molecule has 1 saturated heterocycles. The third-order valence-electron chi connectivity index (χ3n) is 5.45. The van der Waals surface area contributed by atoms with Crippen LogP contribution in [0.3, 0.4) is 0 Å². The van der Waals surface area contributed by atoms with E-state index in [1.165, 1.54) is 0 Å². The lowest BCUT2D eigenvalue weighted by Gasteiger charge is -2.40. The molecule has 1 aromatic rings. The minimum absolute atomic E-state index is 0.0122. The Morgan fingerprint density at radius 3 is 2.84 bits per heavy atom. The van der Waals surface area contributed by atoms with E-state index in [1.807, 2.05) is 31.2 Å². The van der Waals surface area contributed by atoms with Gasteiger partial charge in [-0.3, -0.25) is 14.5 Å². The van der Waals surface area contributed by atoms with Gasteiger partial charge in [0.25, 0.3) is 0 Å². The zero-order chi connectivity index (χ0) is 17.9. The van der Waals surface area contributed by atoms with Gasteiger partial charge in [0.05, 0.1) is 12.0 Å². The molecule has 0 aromatic heterocycles. The third kappa shape index (κ3) is 3.79. The third-order valence-corrected chi connectivity index (χ3v) is 5.45. The molecule has 1 aromatic carbocycles. The van der Waals surface area contributed by atoms with Crippen LogP contribution in [0.4, 0.5) is 0 Å². The first-order valence-corrected chi connectivity index (χ1v) is 8.98. The second-order valence-corrected chi connectivity index (χ2v) is 7.02. The van der Waals surface area contributed by atoms with Crippen LogP contribution in [0.2, 0.25) is 0 Å². The average molecular weight is 346 g/mol. The molecular formula is C19H26N2O4. The minimum atomic E-state index is -0.789. The van der Waals surface area contributed by atoms with Gasteiger partial charge >= 0.3 is 5.97 Å². The Morgan fingerprint density at radius 1 is 1.28 bits per heavy atom. The Balaban J connectivity index is 1.65. The average Bonchev–Trinajstić information content (AvgIpc) is 2.83. The van der Waals surface area contributed by atoms with Crippen LogP contribution in [0.5, 0.6) is 5.75 Å². The van der Waals surface area contributed by atoms with Crippen LogP contribution < -0.4 is 4.74 Å². The van der Waals surface area contributed by atoms with Crippen molar-refractivity contribution in [3.8, 4) is 5.75 Å². The van der Waals surface area contributed by atoms with Gasteiger partial charge in [-0.2, -0.15) is 0 Å². The highest BCUT2D eigenvalue weighted by atomic mass is 16.5. The second-order valence-electron chi connectivity index (χ2n) is 7.02. The number of nitrogens with zero attached hydrogens (tertiary/aromatic N) is 2. The maximum Gasteiger partial charge on any atom is 0.311 e. The number of hydrogen-bond donors (Lipinski definition) is 1. The van der Waals surface area contributed by atoms with Crippen LogP contribution >= 0.6 is 0 Å². The molecule has 2 aliphatic heterocycles. The van der Waals surface area contributed by atoms with Crippen molar-refractivity contribution in [1.82, 2.24) is 9.80 Å². The van der Waals surface area contributed by atoms with Crippen molar-refractivity contribution in [1.29, 1.82) is 0 Å². The van der Waals surface area contributed by atoms with Crippen LogP contribution in [0.1, 0.15) is 31.7 Å². The van der Waals surface area contributed by atoms with Gasteiger partial charge in [0.2, 0.25) is 5.91 Å². The van der Waals surface area contributed by atoms with E-state index >= 15 is 0 Å². The van der Waals surface area contributed by atoms with Crippen molar-refractivity contribution in [2.24, 2.45) is 5.41 Å². The minimum Gasteiger partial charge on any atom is -0.492 e. The van der Waals surface area contributed by atoms with Gasteiger partial charge in [0.1, 0.15) is 12.4 Å². The summed E-state index contributed by atoms with van der Waals surface area (Å²) in [7, 11) is 0. The lowest BCUT2D eigenvalue weighted by molar-refractivity contribution is -0.155. The molecule has 2 aliphatic rings. The number of carboxylic acid groups (broad SMARTS) is 1. The Hall–Kier alpha value is -2.08. The van der Waals surface area contributed by atoms with E-state index in [-0.39, 0.29) is 5.91 Å². The normalized spacial score (nSPS) is 24.1. The second kappa shape index (κ2) is 7.44. The van der Waals surface area contributed by atoms with Crippen LogP contribution in [0.15, 0.2) is 24.3 Å². The molecule has 136 valence electrons. The van der Waals surface area contributed by atoms with Crippen molar-refractivity contribution in [2.45, 2.75) is 32.7 Å². The quantitative estimate of drug-likeness (QED) is 0.903. The fraction of sp³-hybridized carbons (Fsp3) is 0.579. The van der Waals surface area contributed by atoms with Crippen molar-refractivity contribution in [3.63, 3.8) is 0 Å². The molecule has 1 atom stereocenters. The summed E-state index contributed by atoms with van der Waals surface area (Å²) in [6.07, 6.45) is 1.95. The summed E-state index contributed by atoms with van der Waals surface area (Å²) in [5.74, 6) is 0.106. The summed E-state index contributed by atoms with van der Waals surface area (Å²) >= 11 is 0. The summed E-state index contributed by atoms with van der Waals surface area (Å²) in [4.78, 5) is 28.3. The molecule has 1 N–H and O–H groups in total. The van der Waals surface area contributed by atoms with E-state index in [1.54, 1.807) is 4.90 Å². The fourth-order valence-electron chi connectivity index (χ4n) is 3.77. The van der Waals surface area contributed by atoms with E-state index in [9.17, 15) is 14.7 Å². The zero-order valence-electron chi connectivity index (χ0n) is 14.7. The first-order valence-electron chi connectivity index (χ1n) is 8.98. The van der Waals surface area contributed by atoms with Crippen molar-refractivity contribution >= 4 is 11.9 Å². The smallest absolute Gasteiger partial charge is 0.311 e. The number of benzene rings is 1. The van der Waals surface area contributed by atoms with Crippen LogP contribution in [-0.4, -0.2) is 59.6 Å². The van der Waals surface area contributed by atoms with Crippen molar-refractivity contribution in [2.75, 3.05) is 32.8 Å². The standard InChI is InChI=1S/C19H26N2O4/c1-2-19(18(23)24)8-5-9-21(14-19)17(22)13-20-10-11-25-16-7-4-3-6-15(16)12-20/h3-4,6-7H,2,5,8-14H2,1H3,(H,23,24). The number of likely N-dealkylation sites (tertiary alicyclic amines) is 1. The van der Waals surface area contributed by atoms with Crippen molar-refractivity contribution in [3.05, 3.63) is 29.8 Å². The van der Waals surface area contributed by atoms with E-state index in [4.69, 9.17) is 4.74 Å². The number of amides is 1. The number of fused-ring (bicyclic) bond motifs is 1. The van der Waals surface area contributed by atoms with E-state index < -0.39 is 11.4 Å². The van der Waals surface area contributed by atoms with E-state index in [0.29, 0.717) is 52.2 Å². The number of rotatable bonds is 4. The monoisotopic (exact) mass is 346 g/mol. The first kappa shape index (κ1) is 17.7. The van der Waals surface area contributed by atoms with Crippen LogP contribution in [0, 0.1) is 5.41 Å². The van der Waals surface area contributed by atoms with Gasteiger partial charge in [0.15, 0.2) is 0 Å². The maximum absolute atomic E-state index is 12.8. The predicted octanol–water partition coefficient (Wildman–Crippen LogP) is 1.98. The molecule has 6 nitrogen and oxygen atoms in total. The molecule has 0 bridgehead atoms. The topological polar surface area (TPSA) is 70.1 Å². The molecule has 25 heavy (non-hydrogen) atoms. The summed E-state index contributed by atoms with van der Waals surface area (Å²) in [6, 6.07) is 7.89. The number of ether oxygens (including phenoxy) is 1. The summed E-state index contributed by atoms with van der Waals surface area (Å²) < 4.78 is 5.74. The summed E-state index contributed by atoms with van der Waals surface area (Å²) in [5.41, 5.74) is 0.294.